The summed E-state index contributed by atoms with van der Waals surface area (Å²) < 4.78 is 0. The fourth-order valence-electron chi connectivity index (χ4n) is 3.24. The monoisotopic (exact) mass is 321 g/mol. The van der Waals surface area contributed by atoms with Crippen LogP contribution in [0.25, 0.3) is 0 Å². The minimum absolute atomic E-state index is 0.0923. The van der Waals surface area contributed by atoms with Crippen LogP contribution in [0.2, 0.25) is 0 Å². The molecule has 2 aliphatic heterocycles. The van der Waals surface area contributed by atoms with Gasteiger partial charge in [0.1, 0.15) is 11.6 Å². The number of fused-ring (bicyclic) bond motifs is 1. The number of nitrogens with zero attached hydrogens (tertiary/aromatic N) is 4. The van der Waals surface area contributed by atoms with Crippen molar-refractivity contribution in [2.45, 2.75) is 6.92 Å². The second-order valence-corrected chi connectivity index (χ2v) is 6.01. The number of carbonyl (C=O) groups is 1. The Morgan fingerprint density at radius 3 is 2.62 bits per heavy atom. The number of aromatic nitrogens is 1. The van der Waals surface area contributed by atoms with E-state index in [-0.39, 0.29) is 6.03 Å². The van der Waals surface area contributed by atoms with E-state index in [0.717, 1.165) is 28.4 Å². The van der Waals surface area contributed by atoms with Gasteiger partial charge in [0.2, 0.25) is 0 Å². The second-order valence-electron chi connectivity index (χ2n) is 6.01. The number of amides is 2. The Morgan fingerprint density at radius 2 is 1.96 bits per heavy atom. The van der Waals surface area contributed by atoms with Crippen LogP contribution in [0.3, 0.4) is 0 Å². The van der Waals surface area contributed by atoms with Crippen LogP contribution >= 0.6 is 0 Å². The molecule has 0 unspecified atom stereocenters. The molecular formula is C18H19N5O. The number of urea groups is 1. The molecule has 2 amide bonds. The van der Waals surface area contributed by atoms with Crippen LogP contribution in [0.1, 0.15) is 5.56 Å². The van der Waals surface area contributed by atoms with Crippen molar-refractivity contribution in [1.82, 2.24) is 10.3 Å². The third-order valence-electron chi connectivity index (χ3n) is 4.57. The van der Waals surface area contributed by atoms with Gasteiger partial charge in [-0.2, -0.15) is 0 Å². The lowest BCUT2D eigenvalue weighted by atomic mass is 10.2. The highest BCUT2D eigenvalue weighted by molar-refractivity contribution is 5.94. The summed E-state index contributed by atoms with van der Waals surface area (Å²) in [7, 11) is 2.01. The van der Waals surface area contributed by atoms with Crippen LogP contribution in [0.5, 0.6) is 0 Å². The predicted molar refractivity (Wildman–Crippen MR) is 95.8 cm³/mol. The number of anilines is 4. The number of hydrogen-bond acceptors (Lipinski definition) is 4. The summed E-state index contributed by atoms with van der Waals surface area (Å²) in [5.74, 6) is 1.56. The number of aryl methyl sites for hydroxylation is 1. The normalized spacial score (nSPS) is 16.7. The van der Waals surface area contributed by atoms with Crippen LogP contribution < -0.4 is 20.0 Å². The molecule has 1 aromatic heterocycles. The maximum absolute atomic E-state index is 11.8. The topological polar surface area (TPSA) is 51.7 Å². The van der Waals surface area contributed by atoms with Crippen molar-refractivity contribution in [3.63, 3.8) is 0 Å². The molecular weight excluding hydrogens is 302 g/mol. The molecule has 0 spiro atoms. The standard InChI is InChI=1S/C18H19N5O/c1-12-10-17(22-9-8-19-18(22)24)20-11-16(12)23-13(2)21(3)14-6-4-5-7-15(14)23/h4-7,10-11H,2,8-9H2,1,3H3,(H,19,24). The molecule has 0 atom stereocenters. The molecule has 0 bridgehead atoms. The van der Waals surface area contributed by atoms with E-state index in [0.29, 0.717) is 18.9 Å². The number of para-hydroxylation sites is 2. The zero-order valence-electron chi connectivity index (χ0n) is 13.8. The number of carbonyl (C=O) groups excluding carboxylic acids is 1. The van der Waals surface area contributed by atoms with E-state index in [4.69, 9.17) is 0 Å². The third kappa shape index (κ3) is 2.03. The van der Waals surface area contributed by atoms with Gasteiger partial charge in [0.25, 0.3) is 0 Å². The van der Waals surface area contributed by atoms with Crippen LogP contribution in [0.4, 0.5) is 27.7 Å². The molecule has 1 N–H and O–H groups in total. The molecule has 6 nitrogen and oxygen atoms in total. The number of benzene rings is 1. The van der Waals surface area contributed by atoms with Crippen molar-refractivity contribution >= 4 is 28.9 Å². The van der Waals surface area contributed by atoms with E-state index in [9.17, 15) is 4.79 Å². The smallest absolute Gasteiger partial charge is 0.323 e. The van der Waals surface area contributed by atoms with E-state index >= 15 is 0 Å². The lowest BCUT2D eigenvalue weighted by Crippen LogP contribution is -2.28. The summed E-state index contributed by atoms with van der Waals surface area (Å²) in [6, 6.07) is 10.0. The van der Waals surface area contributed by atoms with Gasteiger partial charge in [-0.3, -0.25) is 9.80 Å². The summed E-state index contributed by atoms with van der Waals surface area (Å²) in [5, 5.41) is 2.80. The van der Waals surface area contributed by atoms with E-state index in [1.807, 2.05) is 38.4 Å². The highest BCUT2D eigenvalue weighted by Gasteiger charge is 2.30. The number of hydrogen-bond donors (Lipinski definition) is 1. The van der Waals surface area contributed by atoms with Gasteiger partial charge in [-0.1, -0.05) is 18.7 Å². The van der Waals surface area contributed by atoms with Gasteiger partial charge in [0.05, 0.1) is 23.3 Å². The lowest BCUT2D eigenvalue weighted by Gasteiger charge is -2.24. The van der Waals surface area contributed by atoms with Crippen molar-refractivity contribution in [3.8, 4) is 0 Å². The van der Waals surface area contributed by atoms with Crippen molar-refractivity contribution in [3.05, 3.63) is 54.5 Å². The Balaban J connectivity index is 1.75. The molecule has 4 rings (SSSR count). The summed E-state index contributed by atoms with van der Waals surface area (Å²) >= 11 is 0. The van der Waals surface area contributed by atoms with Crippen molar-refractivity contribution < 1.29 is 4.79 Å². The number of nitrogens with one attached hydrogen (secondary N) is 1. The van der Waals surface area contributed by atoms with E-state index in [2.05, 4.69) is 38.8 Å². The van der Waals surface area contributed by atoms with Crippen LogP contribution in [-0.2, 0) is 0 Å². The molecule has 2 aliphatic rings. The molecule has 6 heteroatoms. The lowest BCUT2D eigenvalue weighted by molar-refractivity contribution is 0.252. The van der Waals surface area contributed by atoms with Gasteiger partial charge < -0.3 is 10.2 Å². The first-order valence-electron chi connectivity index (χ1n) is 7.92. The van der Waals surface area contributed by atoms with Gasteiger partial charge in [0, 0.05) is 20.1 Å². The average molecular weight is 321 g/mol. The van der Waals surface area contributed by atoms with Crippen molar-refractivity contribution in [1.29, 1.82) is 0 Å². The Bertz CT molecular complexity index is 847. The molecule has 122 valence electrons. The minimum atomic E-state index is -0.0923. The van der Waals surface area contributed by atoms with E-state index < -0.39 is 0 Å². The number of pyridine rings is 1. The summed E-state index contributed by atoms with van der Waals surface area (Å²) in [6.07, 6.45) is 1.82. The van der Waals surface area contributed by atoms with Crippen LogP contribution in [0, 0.1) is 6.92 Å². The Hall–Kier alpha value is -3.02. The molecule has 1 saturated heterocycles. The molecule has 0 radical (unpaired) electrons. The fourth-order valence-corrected chi connectivity index (χ4v) is 3.24. The molecule has 24 heavy (non-hydrogen) atoms. The van der Waals surface area contributed by atoms with Crippen molar-refractivity contribution in [2.24, 2.45) is 0 Å². The molecule has 2 aromatic rings. The highest BCUT2D eigenvalue weighted by Crippen LogP contribution is 2.45. The molecule has 3 heterocycles. The van der Waals surface area contributed by atoms with Gasteiger partial charge in [-0.25, -0.2) is 9.78 Å². The first-order chi connectivity index (χ1) is 11.6. The fraction of sp³-hybridized carbons (Fsp3) is 0.222. The SMILES string of the molecule is C=C1N(C)c2ccccc2N1c1cnc(N2CCNC2=O)cc1C. The first kappa shape index (κ1) is 14.6. The van der Waals surface area contributed by atoms with Gasteiger partial charge >= 0.3 is 6.03 Å². The zero-order chi connectivity index (χ0) is 16.8. The number of rotatable bonds is 2. The van der Waals surface area contributed by atoms with E-state index in [1.165, 1.54) is 0 Å². The molecule has 1 fully saturated rings. The zero-order valence-corrected chi connectivity index (χ0v) is 13.8. The predicted octanol–water partition coefficient (Wildman–Crippen LogP) is 2.98. The summed E-state index contributed by atoms with van der Waals surface area (Å²) in [6.45, 7) is 7.54. The maximum atomic E-state index is 11.8. The second kappa shape index (κ2) is 5.26. The molecule has 1 aromatic carbocycles. The molecule has 0 saturated carbocycles. The van der Waals surface area contributed by atoms with Gasteiger partial charge in [-0.15, -0.1) is 0 Å². The Kier molecular flexibility index (Phi) is 3.19. The molecule has 0 aliphatic carbocycles. The van der Waals surface area contributed by atoms with Crippen LogP contribution in [-0.4, -0.2) is 31.2 Å². The Morgan fingerprint density at radius 1 is 1.21 bits per heavy atom. The van der Waals surface area contributed by atoms with Gasteiger partial charge in [0.15, 0.2) is 0 Å². The minimum Gasteiger partial charge on any atom is -0.336 e. The third-order valence-corrected chi connectivity index (χ3v) is 4.57. The van der Waals surface area contributed by atoms with Gasteiger partial charge in [-0.05, 0) is 30.7 Å². The average Bonchev–Trinajstić information content (AvgIpc) is 3.11. The summed E-state index contributed by atoms with van der Waals surface area (Å²) in [4.78, 5) is 22.2. The quantitative estimate of drug-likeness (QED) is 0.924. The van der Waals surface area contributed by atoms with Crippen molar-refractivity contribution in [2.75, 3.05) is 34.8 Å². The summed E-state index contributed by atoms with van der Waals surface area (Å²) in [5.41, 5.74) is 4.22. The Labute approximate surface area is 141 Å². The largest absolute Gasteiger partial charge is 0.336 e. The highest BCUT2D eigenvalue weighted by atomic mass is 16.2. The van der Waals surface area contributed by atoms with E-state index in [1.54, 1.807) is 4.90 Å². The maximum Gasteiger partial charge on any atom is 0.323 e. The first-order valence-corrected chi connectivity index (χ1v) is 7.92. The van der Waals surface area contributed by atoms with Crippen LogP contribution in [0.15, 0.2) is 48.9 Å².